The van der Waals surface area contributed by atoms with Gasteiger partial charge < -0.3 is 10.1 Å². The summed E-state index contributed by atoms with van der Waals surface area (Å²) in [7, 11) is 1.35. The van der Waals surface area contributed by atoms with Crippen LogP contribution in [0.25, 0.3) is 0 Å². The Labute approximate surface area is 142 Å². The van der Waals surface area contributed by atoms with Crippen molar-refractivity contribution in [2.45, 2.75) is 0 Å². The van der Waals surface area contributed by atoms with Crippen LogP contribution in [0.4, 0.5) is 10.1 Å². The van der Waals surface area contributed by atoms with Gasteiger partial charge in [-0.25, -0.2) is 4.39 Å². The number of carbonyl (C=O) groups is 1. The Balaban J connectivity index is 1.89. The van der Waals surface area contributed by atoms with E-state index >= 15 is 0 Å². The molecule has 1 amide bonds. The summed E-state index contributed by atoms with van der Waals surface area (Å²) in [4.78, 5) is 11.9. The maximum Gasteiger partial charge on any atom is 0.269 e. The van der Waals surface area contributed by atoms with Crippen molar-refractivity contribution in [2.24, 2.45) is 0 Å². The number of thiocarbonyl (C=S) groups is 1. The number of carbonyl (C=O) groups excluding carboxylic acids is 1. The van der Waals surface area contributed by atoms with E-state index in [1.165, 1.54) is 19.2 Å². The third kappa shape index (κ3) is 4.80. The zero-order valence-corrected chi connectivity index (χ0v) is 13.6. The van der Waals surface area contributed by atoms with E-state index in [0.717, 1.165) is 6.07 Å². The Morgan fingerprint density at radius 2 is 1.87 bits per heavy atom. The first kappa shape index (κ1) is 17.0. The van der Waals surface area contributed by atoms with Crippen LogP contribution in [0.3, 0.4) is 0 Å². The van der Waals surface area contributed by atoms with Crippen LogP contribution >= 0.6 is 23.8 Å². The molecule has 0 aliphatic carbocycles. The number of ether oxygens (including phenoxy) is 1. The van der Waals surface area contributed by atoms with Crippen molar-refractivity contribution >= 4 is 40.5 Å². The molecule has 0 saturated carbocycles. The predicted octanol–water partition coefficient (Wildman–Crippen LogP) is 3.12. The molecule has 0 fully saturated rings. The first-order valence-corrected chi connectivity index (χ1v) is 7.24. The van der Waals surface area contributed by atoms with Crippen LogP contribution in [0.15, 0.2) is 42.5 Å². The summed E-state index contributed by atoms with van der Waals surface area (Å²) in [6.07, 6.45) is 0. The Bertz CT molecular complexity index is 725. The SMILES string of the molecule is COc1ccc(C(=O)NNC(=S)Nc2ccc(Cl)cc2)cc1F. The Kier molecular flexibility index (Phi) is 5.72. The van der Waals surface area contributed by atoms with E-state index in [2.05, 4.69) is 16.2 Å². The average molecular weight is 354 g/mol. The monoisotopic (exact) mass is 353 g/mol. The molecular formula is C15H13ClFN3O2S. The van der Waals surface area contributed by atoms with Gasteiger partial charge in [0.05, 0.1) is 7.11 Å². The predicted molar refractivity (Wildman–Crippen MR) is 91.2 cm³/mol. The summed E-state index contributed by atoms with van der Waals surface area (Å²) in [6, 6.07) is 10.7. The molecule has 0 aliphatic rings. The molecule has 2 aromatic rings. The molecule has 0 radical (unpaired) electrons. The molecule has 0 unspecified atom stereocenters. The van der Waals surface area contributed by atoms with Gasteiger partial charge in [-0.15, -0.1) is 0 Å². The minimum Gasteiger partial charge on any atom is -0.494 e. The Hall–Kier alpha value is -2.38. The molecule has 0 spiro atoms. The highest BCUT2D eigenvalue weighted by atomic mass is 35.5. The molecule has 2 rings (SSSR count). The number of hydrogen-bond acceptors (Lipinski definition) is 3. The standard InChI is InChI=1S/C15H13ClFN3O2S/c1-22-13-7-2-9(8-12(13)17)14(21)19-20-15(23)18-11-5-3-10(16)4-6-11/h2-8H,1H3,(H,19,21)(H2,18,20,23). The maximum absolute atomic E-state index is 13.6. The molecule has 2 aromatic carbocycles. The van der Waals surface area contributed by atoms with E-state index in [-0.39, 0.29) is 16.4 Å². The van der Waals surface area contributed by atoms with Gasteiger partial charge in [0.1, 0.15) is 0 Å². The van der Waals surface area contributed by atoms with Crippen LogP contribution in [0.2, 0.25) is 5.02 Å². The number of anilines is 1. The van der Waals surface area contributed by atoms with E-state index in [0.29, 0.717) is 10.7 Å². The number of nitrogens with one attached hydrogen (secondary N) is 3. The highest BCUT2D eigenvalue weighted by Gasteiger charge is 2.10. The first-order chi connectivity index (χ1) is 11.0. The second-order valence-corrected chi connectivity index (χ2v) is 5.23. The quantitative estimate of drug-likeness (QED) is 0.584. The van der Waals surface area contributed by atoms with Gasteiger partial charge in [0, 0.05) is 16.3 Å². The number of hydrogen-bond donors (Lipinski definition) is 3. The number of halogens is 2. The largest absolute Gasteiger partial charge is 0.494 e. The lowest BCUT2D eigenvalue weighted by Crippen LogP contribution is -2.43. The van der Waals surface area contributed by atoms with Gasteiger partial charge in [-0.05, 0) is 54.7 Å². The molecule has 0 heterocycles. The van der Waals surface area contributed by atoms with Gasteiger partial charge in [0.15, 0.2) is 16.7 Å². The zero-order chi connectivity index (χ0) is 16.8. The lowest BCUT2D eigenvalue weighted by molar-refractivity contribution is 0.0943. The summed E-state index contributed by atoms with van der Waals surface area (Å²) in [5.41, 5.74) is 5.73. The molecule has 5 nitrogen and oxygen atoms in total. The highest BCUT2D eigenvalue weighted by molar-refractivity contribution is 7.80. The molecule has 23 heavy (non-hydrogen) atoms. The van der Waals surface area contributed by atoms with E-state index < -0.39 is 11.7 Å². The lowest BCUT2D eigenvalue weighted by Gasteiger charge is -2.12. The number of rotatable bonds is 3. The maximum atomic E-state index is 13.6. The van der Waals surface area contributed by atoms with Crippen LogP contribution in [0.5, 0.6) is 5.75 Å². The van der Waals surface area contributed by atoms with Crippen LogP contribution in [-0.4, -0.2) is 18.1 Å². The minimum atomic E-state index is -0.623. The zero-order valence-electron chi connectivity index (χ0n) is 12.0. The van der Waals surface area contributed by atoms with E-state index in [1.54, 1.807) is 24.3 Å². The van der Waals surface area contributed by atoms with Crippen molar-refractivity contribution in [1.82, 2.24) is 10.9 Å². The molecule has 8 heteroatoms. The van der Waals surface area contributed by atoms with Crippen molar-refractivity contribution in [3.05, 3.63) is 58.9 Å². The fourth-order valence-electron chi connectivity index (χ4n) is 1.69. The Morgan fingerprint density at radius 1 is 1.17 bits per heavy atom. The third-order valence-corrected chi connectivity index (χ3v) is 3.26. The number of hydrazine groups is 1. The fourth-order valence-corrected chi connectivity index (χ4v) is 1.98. The normalized spacial score (nSPS) is 9.87. The number of benzene rings is 2. The summed E-state index contributed by atoms with van der Waals surface area (Å²) in [5.74, 6) is -1.09. The van der Waals surface area contributed by atoms with Gasteiger partial charge >= 0.3 is 0 Å². The highest BCUT2D eigenvalue weighted by Crippen LogP contribution is 2.17. The molecule has 3 N–H and O–H groups in total. The van der Waals surface area contributed by atoms with Crippen molar-refractivity contribution in [2.75, 3.05) is 12.4 Å². The van der Waals surface area contributed by atoms with Crippen LogP contribution in [0.1, 0.15) is 10.4 Å². The van der Waals surface area contributed by atoms with Crippen LogP contribution < -0.4 is 20.9 Å². The van der Waals surface area contributed by atoms with Gasteiger partial charge in [-0.1, -0.05) is 11.6 Å². The summed E-state index contributed by atoms with van der Waals surface area (Å²) < 4.78 is 18.3. The first-order valence-electron chi connectivity index (χ1n) is 6.46. The van der Waals surface area contributed by atoms with Crippen molar-refractivity contribution in [3.63, 3.8) is 0 Å². The molecular weight excluding hydrogens is 341 g/mol. The number of methoxy groups -OCH3 is 1. The molecule has 0 atom stereocenters. The number of amides is 1. The Morgan fingerprint density at radius 3 is 2.48 bits per heavy atom. The fraction of sp³-hybridized carbons (Fsp3) is 0.0667. The van der Waals surface area contributed by atoms with Crippen molar-refractivity contribution < 1.29 is 13.9 Å². The summed E-state index contributed by atoms with van der Waals surface area (Å²) >= 11 is 10.8. The molecule has 120 valence electrons. The van der Waals surface area contributed by atoms with Crippen molar-refractivity contribution in [1.29, 1.82) is 0 Å². The second kappa shape index (κ2) is 7.75. The van der Waals surface area contributed by atoms with E-state index in [1.807, 2.05) is 0 Å². The van der Waals surface area contributed by atoms with Crippen LogP contribution in [0, 0.1) is 5.82 Å². The van der Waals surface area contributed by atoms with Crippen LogP contribution in [-0.2, 0) is 0 Å². The van der Waals surface area contributed by atoms with Gasteiger partial charge in [-0.2, -0.15) is 0 Å². The smallest absolute Gasteiger partial charge is 0.269 e. The summed E-state index contributed by atoms with van der Waals surface area (Å²) in [5, 5.41) is 3.64. The second-order valence-electron chi connectivity index (χ2n) is 4.39. The molecule has 0 bridgehead atoms. The van der Waals surface area contributed by atoms with E-state index in [9.17, 15) is 9.18 Å². The topological polar surface area (TPSA) is 62.4 Å². The van der Waals surface area contributed by atoms with E-state index in [4.69, 9.17) is 28.6 Å². The molecule has 0 aliphatic heterocycles. The van der Waals surface area contributed by atoms with Crippen molar-refractivity contribution in [3.8, 4) is 5.75 Å². The minimum absolute atomic E-state index is 0.0643. The third-order valence-electron chi connectivity index (χ3n) is 2.81. The average Bonchev–Trinajstić information content (AvgIpc) is 2.54. The summed E-state index contributed by atoms with van der Waals surface area (Å²) in [6.45, 7) is 0. The molecule has 0 aromatic heterocycles. The molecule has 0 saturated heterocycles. The van der Waals surface area contributed by atoms with Gasteiger partial charge in [0.2, 0.25) is 0 Å². The lowest BCUT2D eigenvalue weighted by atomic mass is 10.2. The van der Waals surface area contributed by atoms with Gasteiger partial charge in [-0.3, -0.25) is 15.6 Å². The van der Waals surface area contributed by atoms with Gasteiger partial charge in [0.25, 0.3) is 5.91 Å².